The second-order valence-corrected chi connectivity index (χ2v) is 4.51. The lowest BCUT2D eigenvalue weighted by atomic mass is 10.2. The van der Waals surface area contributed by atoms with E-state index in [1.165, 1.54) is 0 Å². The first-order chi connectivity index (χ1) is 9.22. The second-order valence-electron chi connectivity index (χ2n) is 3.73. The van der Waals surface area contributed by atoms with Gasteiger partial charge >= 0.3 is 5.97 Å². The van der Waals surface area contributed by atoms with Gasteiger partial charge in [0.25, 0.3) is 5.90 Å². The van der Waals surface area contributed by atoms with Crippen LogP contribution in [0.15, 0.2) is 56.4 Å². The van der Waals surface area contributed by atoms with Gasteiger partial charge in [0.2, 0.25) is 0 Å². The Bertz CT molecular complexity index is 689. The van der Waals surface area contributed by atoms with Gasteiger partial charge in [0.05, 0.1) is 0 Å². The molecule has 5 nitrogen and oxygen atoms in total. The Morgan fingerprint density at radius 1 is 1.26 bits per heavy atom. The summed E-state index contributed by atoms with van der Waals surface area (Å²) in [5, 5.41) is 0. The van der Waals surface area contributed by atoms with E-state index in [-0.39, 0.29) is 11.6 Å². The van der Waals surface area contributed by atoms with Crippen LogP contribution in [0.4, 0.5) is 0 Å². The van der Waals surface area contributed by atoms with Crippen LogP contribution in [0.25, 0.3) is 6.08 Å². The van der Waals surface area contributed by atoms with Gasteiger partial charge < -0.3 is 9.15 Å². The lowest BCUT2D eigenvalue weighted by molar-refractivity contribution is -0.130. The Kier molecular flexibility index (Phi) is 3.00. The summed E-state index contributed by atoms with van der Waals surface area (Å²) in [7, 11) is 0. The highest BCUT2D eigenvalue weighted by molar-refractivity contribution is 9.10. The number of carbonyl (C=O) groups is 1. The molecule has 0 spiro atoms. The average Bonchev–Trinajstić information content (AvgIpc) is 2.98. The number of cyclic esters (lactones) is 1. The van der Waals surface area contributed by atoms with Crippen LogP contribution in [-0.2, 0) is 9.53 Å². The molecule has 0 N–H and O–H groups in total. The standard InChI is InChI=1S/C13H7BrN2O3/c14-11-4-3-10(18-11)12-16-9(13(17)19-12)6-8-2-1-5-15-7-8/h1-7H. The van der Waals surface area contributed by atoms with E-state index in [0.717, 1.165) is 5.56 Å². The zero-order valence-electron chi connectivity index (χ0n) is 9.54. The molecule has 0 amide bonds. The minimum atomic E-state index is -0.508. The highest BCUT2D eigenvalue weighted by atomic mass is 79.9. The van der Waals surface area contributed by atoms with Crippen LogP contribution >= 0.6 is 15.9 Å². The van der Waals surface area contributed by atoms with Crippen LogP contribution in [0.1, 0.15) is 11.3 Å². The summed E-state index contributed by atoms with van der Waals surface area (Å²) in [4.78, 5) is 19.8. The summed E-state index contributed by atoms with van der Waals surface area (Å²) in [6.07, 6.45) is 4.90. The van der Waals surface area contributed by atoms with Gasteiger partial charge in [-0.15, -0.1) is 0 Å². The summed E-state index contributed by atoms with van der Waals surface area (Å²) in [5.74, 6) is 0.0482. The predicted molar refractivity (Wildman–Crippen MR) is 71.3 cm³/mol. The van der Waals surface area contributed by atoms with Crippen LogP contribution in [0, 0.1) is 0 Å². The van der Waals surface area contributed by atoms with Gasteiger partial charge in [0.15, 0.2) is 16.1 Å². The molecule has 0 saturated heterocycles. The Morgan fingerprint density at radius 2 is 2.16 bits per heavy atom. The van der Waals surface area contributed by atoms with Gasteiger partial charge in [0, 0.05) is 12.4 Å². The molecule has 3 rings (SSSR count). The van der Waals surface area contributed by atoms with Gasteiger partial charge in [-0.05, 0) is 45.8 Å². The predicted octanol–water partition coefficient (Wildman–Crippen LogP) is 2.78. The molecule has 0 aromatic carbocycles. The minimum Gasteiger partial charge on any atom is -0.444 e. The number of furan rings is 1. The molecule has 0 fully saturated rings. The van der Waals surface area contributed by atoms with Crippen molar-refractivity contribution in [2.75, 3.05) is 0 Å². The van der Waals surface area contributed by atoms with Gasteiger partial charge in [-0.25, -0.2) is 9.79 Å². The molecule has 0 aliphatic carbocycles. The van der Waals surface area contributed by atoms with E-state index >= 15 is 0 Å². The molecule has 0 atom stereocenters. The van der Waals surface area contributed by atoms with Crippen LogP contribution in [0.2, 0.25) is 0 Å². The third-order valence-electron chi connectivity index (χ3n) is 2.39. The number of rotatable bonds is 2. The molecular formula is C13H7BrN2O3. The Balaban J connectivity index is 1.94. The quantitative estimate of drug-likeness (QED) is 0.631. The summed E-state index contributed by atoms with van der Waals surface area (Å²) in [5.41, 5.74) is 0.996. The molecule has 2 aromatic heterocycles. The molecule has 2 aromatic rings. The molecular weight excluding hydrogens is 312 g/mol. The highest BCUT2D eigenvalue weighted by Crippen LogP contribution is 2.21. The normalized spacial score (nSPS) is 16.6. The van der Waals surface area contributed by atoms with E-state index in [1.54, 1.807) is 36.7 Å². The SMILES string of the molecule is O=C1OC(c2ccc(Br)o2)=NC1=Cc1cccnc1. The molecule has 0 unspecified atom stereocenters. The number of aromatic nitrogens is 1. The molecule has 6 heteroatoms. The number of aliphatic imine (C=N–C) groups is 1. The van der Waals surface area contributed by atoms with Gasteiger partial charge in [-0.2, -0.15) is 0 Å². The van der Waals surface area contributed by atoms with Crippen molar-refractivity contribution in [3.05, 3.63) is 58.3 Å². The van der Waals surface area contributed by atoms with Crippen LogP contribution in [-0.4, -0.2) is 16.9 Å². The first-order valence-corrected chi connectivity index (χ1v) is 6.20. The van der Waals surface area contributed by atoms with Crippen molar-refractivity contribution in [2.45, 2.75) is 0 Å². The van der Waals surface area contributed by atoms with Crippen molar-refractivity contribution in [3.8, 4) is 0 Å². The third kappa shape index (κ3) is 2.48. The number of nitrogens with zero attached hydrogens (tertiary/aromatic N) is 2. The first kappa shape index (κ1) is 11.9. The number of hydrogen-bond donors (Lipinski definition) is 0. The number of halogens is 1. The zero-order valence-corrected chi connectivity index (χ0v) is 11.1. The first-order valence-electron chi connectivity index (χ1n) is 5.41. The topological polar surface area (TPSA) is 64.7 Å². The third-order valence-corrected chi connectivity index (χ3v) is 2.82. The van der Waals surface area contributed by atoms with Crippen molar-refractivity contribution < 1.29 is 13.9 Å². The fourth-order valence-corrected chi connectivity index (χ4v) is 1.87. The van der Waals surface area contributed by atoms with E-state index < -0.39 is 5.97 Å². The smallest absolute Gasteiger partial charge is 0.363 e. The number of esters is 1. The second kappa shape index (κ2) is 4.81. The van der Waals surface area contributed by atoms with E-state index in [9.17, 15) is 4.79 Å². The fraction of sp³-hybridized carbons (Fsp3) is 0. The van der Waals surface area contributed by atoms with Crippen molar-refractivity contribution in [2.24, 2.45) is 4.99 Å². The van der Waals surface area contributed by atoms with Gasteiger partial charge in [-0.3, -0.25) is 4.98 Å². The van der Waals surface area contributed by atoms with Gasteiger partial charge in [-0.1, -0.05) is 6.07 Å². The van der Waals surface area contributed by atoms with E-state index in [1.807, 2.05) is 6.07 Å². The summed E-state index contributed by atoms with van der Waals surface area (Å²) < 4.78 is 10.9. The van der Waals surface area contributed by atoms with Crippen LogP contribution in [0.5, 0.6) is 0 Å². The Morgan fingerprint density at radius 3 is 2.84 bits per heavy atom. The van der Waals surface area contributed by atoms with Crippen LogP contribution < -0.4 is 0 Å². The van der Waals surface area contributed by atoms with E-state index in [2.05, 4.69) is 25.9 Å². The van der Waals surface area contributed by atoms with Crippen molar-refractivity contribution in [1.29, 1.82) is 0 Å². The van der Waals surface area contributed by atoms with Crippen LogP contribution in [0.3, 0.4) is 0 Å². The maximum Gasteiger partial charge on any atom is 0.363 e. The molecule has 1 aliphatic rings. The van der Waals surface area contributed by atoms with Gasteiger partial charge in [0.1, 0.15) is 0 Å². The summed E-state index contributed by atoms with van der Waals surface area (Å²) in [6, 6.07) is 6.98. The largest absolute Gasteiger partial charge is 0.444 e. The monoisotopic (exact) mass is 318 g/mol. The lowest BCUT2D eigenvalue weighted by Crippen LogP contribution is -2.04. The van der Waals surface area contributed by atoms with Crippen molar-refractivity contribution in [3.63, 3.8) is 0 Å². The Hall–Kier alpha value is -2.21. The molecule has 1 aliphatic heterocycles. The fourth-order valence-electron chi connectivity index (χ4n) is 1.56. The van der Waals surface area contributed by atoms with Crippen molar-refractivity contribution in [1.82, 2.24) is 4.98 Å². The van der Waals surface area contributed by atoms with E-state index in [0.29, 0.717) is 10.4 Å². The molecule has 94 valence electrons. The van der Waals surface area contributed by atoms with Crippen molar-refractivity contribution >= 4 is 33.9 Å². The maximum absolute atomic E-state index is 11.7. The average molecular weight is 319 g/mol. The highest BCUT2D eigenvalue weighted by Gasteiger charge is 2.26. The molecule has 19 heavy (non-hydrogen) atoms. The minimum absolute atomic E-state index is 0.158. The molecule has 0 radical (unpaired) electrons. The summed E-state index contributed by atoms with van der Waals surface area (Å²) >= 11 is 3.18. The molecule has 0 bridgehead atoms. The number of hydrogen-bond acceptors (Lipinski definition) is 5. The molecule has 3 heterocycles. The zero-order chi connectivity index (χ0) is 13.2. The maximum atomic E-state index is 11.7. The lowest BCUT2D eigenvalue weighted by Gasteiger charge is -1.93. The number of ether oxygens (including phenoxy) is 1. The number of pyridine rings is 1. The molecule has 0 saturated carbocycles. The summed E-state index contributed by atoms with van der Waals surface area (Å²) in [6.45, 7) is 0. The number of carbonyl (C=O) groups excluding carboxylic acids is 1. The van der Waals surface area contributed by atoms with E-state index in [4.69, 9.17) is 9.15 Å². The Labute approximate surface area is 116 Å².